The first-order valence-corrected chi connectivity index (χ1v) is 3.38. The maximum atomic E-state index is 4.71. The molecule has 0 N–H and O–H groups in total. The maximum absolute atomic E-state index is 4.71. The summed E-state index contributed by atoms with van der Waals surface area (Å²) in [5.74, 6) is 0. The Morgan fingerprint density at radius 3 is 2.44 bits per heavy atom. The molecule has 0 bridgehead atoms. The van der Waals surface area contributed by atoms with E-state index in [0.29, 0.717) is 0 Å². The first-order chi connectivity index (χ1) is 4.43. The van der Waals surface area contributed by atoms with Crippen LogP contribution in [0.2, 0.25) is 0 Å². The van der Waals surface area contributed by atoms with Gasteiger partial charge in [-0.15, -0.1) is 0 Å². The third-order valence-electron chi connectivity index (χ3n) is 1.16. The van der Waals surface area contributed by atoms with Gasteiger partial charge in [-0.2, -0.15) is 0 Å². The molecule has 0 saturated carbocycles. The molecule has 0 aromatic heterocycles. The van der Waals surface area contributed by atoms with Crippen LogP contribution < -0.4 is 0 Å². The molecule has 2 heteroatoms. The quantitative estimate of drug-likeness (QED) is 0.557. The molecule has 0 aliphatic heterocycles. The average molecular weight is 134 g/mol. The fourth-order valence-corrected chi connectivity index (χ4v) is 0.903. The molecule has 0 heterocycles. The van der Waals surface area contributed by atoms with Crippen LogP contribution >= 0.6 is 12.1 Å². The molecule has 0 spiro atoms. The molecule has 9 heavy (non-hydrogen) atoms. The van der Waals surface area contributed by atoms with Crippen molar-refractivity contribution in [1.82, 2.24) is 0 Å². The van der Waals surface area contributed by atoms with Crippen molar-refractivity contribution in [1.29, 1.82) is 0 Å². The van der Waals surface area contributed by atoms with Gasteiger partial charge in [0.1, 0.15) is 0 Å². The van der Waals surface area contributed by atoms with Gasteiger partial charge in [0.25, 0.3) is 0 Å². The van der Waals surface area contributed by atoms with Gasteiger partial charge in [0.15, 0.2) is 0 Å². The van der Waals surface area contributed by atoms with Crippen LogP contribution in [0.25, 0.3) is 0 Å². The van der Waals surface area contributed by atoms with E-state index in [9.17, 15) is 0 Å². The molecular weight excluding hydrogens is 127 g/mol. The van der Waals surface area contributed by atoms with Gasteiger partial charge in [-0.05, 0) is 0 Å². The monoisotopic (exact) mass is 134 g/mol. The first-order valence-electron chi connectivity index (χ1n) is 2.91. The number of rotatable bonds is 2. The molecule has 1 rings (SSSR count). The number of benzene rings is 1. The minimum absolute atomic E-state index is 0.899. The Hall–Kier alpha value is -0.495. The standard InChI is InChI=1S/C7H7BS/c9-8-6-7-4-2-1-3-5-7/h1-5H,6H2. The van der Waals surface area contributed by atoms with Crippen molar-refractivity contribution in [2.45, 2.75) is 6.32 Å². The van der Waals surface area contributed by atoms with Crippen molar-refractivity contribution >= 4 is 18.2 Å². The first kappa shape index (κ1) is 6.62. The molecule has 0 saturated heterocycles. The molecule has 44 valence electrons. The summed E-state index contributed by atoms with van der Waals surface area (Å²) in [7, 11) is 0. The van der Waals surface area contributed by atoms with E-state index in [0.717, 1.165) is 6.32 Å². The van der Waals surface area contributed by atoms with Gasteiger partial charge in [0.05, 0.1) is 0 Å². The zero-order chi connectivity index (χ0) is 6.53. The van der Waals surface area contributed by atoms with Crippen LogP contribution in [0.5, 0.6) is 0 Å². The van der Waals surface area contributed by atoms with Crippen LogP contribution in [-0.2, 0) is 6.32 Å². The van der Waals surface area contributed by atoms with Gasteiger partial charge < -0.3 is 0 Å². The fourth-order valence-electron chi connectivity index (χ4n) is 0.710. The van der Waals surface area contributed by atoms with Gasteiger partial charge in [0.2, 0.25) is 0 Å². The molecule has 0 radical (unpaired) electrons. The van der Waals surface area contributed by atoms with E-state index in [2.05, 4.69) is 12.1 Å². The van der Waals surface area contributed by atoms with E-state index in [4.69, 9.17) is 12.1 Å². The Balaban J connectivity index is 2.72. The molecule has 0 nitrogen and oxygen atoms in total. The summed E-state index contributed by atoms with van der Waals surface area (Å²) in [5.41, 5.74) is 1.28. The van der Waals surface area contributed by atoms with Crippen molar-refractivity contribution in [3.63, 3.8) is 0 Å². The van der Waals surface area contributed by atoms with Gasteiger partial charge >= 0.3 is 60.4 Å². The zero-order valence-electron chi connectivity index (χ0n) is 5.08. The Morgan fingerprint density at radius 1 is 1.22 bits per heavy atom. The fraction of sp³-hybridized carbons (Fsp3) is 0.143. The van der Waals surface area contributed by atoms with Gasteiger partial charge in [0, 0.05) is 0 Å². The van der Waals surface area contributed by atoms with Gasteiger partial charge in [-0.1, -0.05) is 0 Å². The number of hydrogen-bond donors (Lipinski definition) is 0. The van der Waals surface area contributed by atoms with Crippen LogP contribution in [0.1, 0.15) is 5.56 Å². The van der Waals surface area contributed by atoms with Gasteiger partial charge in [-0.25, -0.2) is 0 Å². The second kappa shape index (κ2) is 3.52. The third-order valence-corrected chi connectivity index (χ3v) is 1.33. The molecule has 0 atom stereocenters. The normalized spacial score (nSPS) is 8.44. The summed E-state index contributed by atoms with van der Waals surface area (Å²) in [6, 6.07) is 10.2. The van der Waals surface area contributed by atoms with E-state index in [1.807, 2.05) is 18.2 Å². The van der Waals surface area contributed by atoms with E-state index in [1.165, 1.54) is 5.56 Å². The summed E-state index contributed by atoms with van der Waals surface area (Å²) in [4.78, 5) is 0. The van der Waals surface area contributed by atoms with Crippen molar-refractivity contribution < 1.29 is 0 Å². The second-order valence-electron chi connectivity index (χ2n) is 1.86. The second-order valence-corrected chi connectivity index (χ2v) is 2.19. The van der Waals surface area contributed by atoms with E-state index >= 15 is 0 Å². The summed E-state index contributed by atoms with van der Waals surface area (Å²) in [6.07, 6.45) is 2.64. The van der Waals surface area contributed by atoms with Crippen LogP contribution in [0.15, 0.2) is 30.3 Å². The molecule has 0 amide bonds. The van der Waals surface area contributed by atoms with Crippen LogP contribution in [0.4, 0.5) is 0 Å². The van der Waals surface area contributed by atoms with E-state index in [1.54, 1.807) is 6.15 Å². The van der Waals surface area contributed by atoms with Crippen LogP contribution in [-0.4, -0.2) is 6.15 Å². The Kier molecular flexibility index (Phi) is 2.59. The number of hydrogen-bond acceptors (Lipinski definition) is 1. The summed E-state index contributed by atoms with van der Waals surface area (Å²) in [6.45, 7) is 0. The summed E-state index contributed by atoms with van der Waals surface area (Å²) < 4.78 is 0. The predicted molar refractivity (Wildman–Crippen MR) is 43.5 cm³/mol. The summed E-state index contributed by atoms with van der Waals surface area (Å²) in [5, 5.41) is 0. The van der Waals surface area contributed by atoms with Crippen molar-refractivity contribution in [2.75, 3.05) is 0 Å². The third kappa shape index (κ3) is 2.06. The molecule has 1 aromatic rings. The molecule has 0 aliphatic rings. The van der Waals surface area contributed by atoms with Crippen molar-refractivity contribution in [3.8, 4) is 0 Å². The topological polar surface area (TPSA) is 0 Å². The van der Waals surface area contributed by atoms with Gasteiger partial charge in [-0.3, -0.25) is 0 Å². The Bertz CT molecular complexity index is 183. The molecular formula is C7H7BS. The predicted octanol–water partition coefficient (Wildman–Crippen LogP) is 2.00. The SMILES string of the molecule is S=BCc1ccccc1. The summed E-state index contributed by atoms with van der Waals surface area (Å²) >= 11 is 4.71. The Labute approximate surface area is 61.0 Å². The van der Waals surface area contributed by atoms with Crippen LogP contribution in [0, 0.1) is 0 Å². The van der Waals surface area contributed by atoms with E-state index < -0.39 is 0 Å². The molecule has 1 aromatic carbocycles. The van der Waals surface area contributed by atoms with Crippen molar-refractivity contribution in [3.05, 3.63) is 35.9 Å². The molecule has 0 aliphatic carbocycles. The average Bonchev–Trinajstić information content (AvgIpc) is 1.91. The molecule has 0 unspecified atom stereocenters. The van der Waals surface area contributed by atoms with Crippen LogP contribution in [0.3, 0.4) is 0 Å². The van der Waals surface area contributed by atoms with Crippen molar-refractivity contribution in [2.24, 2.45) is 0 Å². The van der Waals surface area contributed by atoms with E-state index in [-0.39, 0.29) is 0 Å². The molecule has 0 fully saturated rings. The zero-order valence-corrected chi connectivity index (χ0v) is 5.90. The Morgan fingerprint density at radius 2 is 1.89 bits per heavy atom. The minimum atomic E-state index is 0.899.